The highest BCUT2D eigenvalue weighted by Crippen LogP contribution is 2.22. The van der Waals surface area contributed by atoms with Crippen LogP contribution >= 0.6 is 0 Å². The summed E-state index contributed by atoms with van der Waals surface area (Å²) in [5, 5.41) is 9.58. The molecule has 0 unspecified atom stereocenters. The van der Waals surface area contributed by atoms with Crippen molar-refractivity contribution in [2.45, 2.75) is 39.7 Å². The predicted molar refractivity (Wildman–Crippen MR) is 76.9 cm³/mol. The van der Waals surface area contributed by atoms with Crippen LogP contribution in [-0.2, 0) is 0 Å². The molecule has 0 aliphatic heterocycles. The molecule has 1 N–H and O–H groups in total. The van der Waals surface area contributed by atoms with Gasteiger partial charge in [-0.2, -0.15) is 0 Å². The second-order valence-corrected chi connectivity index (χ2v) is 5.19. The van der Waals surface area contributed by atoms with Crippen molar-refractivity contribution in [2.75, 3.05) is 0 Å². The number of hydrogen-bond acceptors (Lipinski definition) is 3. The van der Waals surface area contributed by atoms with E-state index in [1.54, 1.807) is 13.1 Å². The highest BCUT2D eigenvalue weighted by molar-refractivity contribution is 5.55. The molecule has 19 heavy (non-hydrogen) atoms. The maximum atomic E-state index is 9.58. The zero-order chi connectivity index (χ0) is 14.0. The highest BCUT2D eigenvalue weighted by Gasteiger charge is 2.09. The lowest BCUT2D eigenvalue weighted by Gasteiger charge is -2.10. The third-order valence-electron chi connectivity index (χ3n) is 3.30. The van der Waals surface area contributed by atoms with Gasteiger partial charge in [-0.05, 0) is 25.3 Å². The van der Waals surface area contributed by atoms with Gasteiger partial charge < -0.3 is 5.11 Å². The van der Waals surface area contributed by atoms with Gasteiger partial charge in [0.2, 0.25) is 0 Å². The van der Waals surface area contributed by atoms with E-state index in [1.807, 2.05) is 19.1 Å². The van der Waals surface area contributed by atoms with Crippen molar-refractivity contribution in [3.8, 4) is 11.4 Å². The van der Waals surface area contributed by atoms with Crippen LogP contribution in [0.15, 0.2) is 30.5 Å². The number of hydrogen-bond donors (Lipinski definition) is 1. The Labute approximate surface area is 114 Å². The molecule has 3 heteroatoms. The van der Waals surface area contributed by atoms with Gasteiger partial charge in [-0.3, -0.25) is 0 Å². The van der Waals surface area contributed by atoms with E-state index in [1.165, 1.54) is 5.56 Å². The Morgan fingerprint density at radius 1 is 1.05 bits per heavy atom. The van der Waals surface area contributed by atoms with E-state index >= 15 is 0 Å². The number of rotatable bonds is 3. The van der Waals surface area contributed by atoms with E-state index in [4.69, 9.17) is 0 Å². The third kappa shape index (κ3) is 2.99. The van der Waals surface area contributed by atoms with Crippen molar-refractivity contribution >= 4 is 0 Å². The van der Waals surface area contributed by atoms with E-state index in [-0.39, 0.29) is 0 Å². The van der Waals surface area contributed by atoms with Crippen molar-refractivity contribution < 1.29 is 5.11 Å². The van der Waals surface area contributed by atoms with Crippen molar-refractivity contribution in [3.05, 3.63) is 47.3 Å². The van der Waals surface area contributed by atoms with Crippen LogP contribution in [0.25, 0.3) is 11.4 Å². The largest absolute Gasteiger partial charge is 0.389 e. The Morgan fingerprint density at radius 2 is 1.68 bits per heavy atom. The second-order valence-electron chi connectivity index (χ2n) is 5.19. The SMILES string of the molecule is Cc1nc(-c2ccc(C(C)C)cc2)ncc1[C@@H](C)O. The summed E-state index contributed by atoms with van der Waals surface area (Å²) in [6.45, 7) is 7.97. The van der Waals surface area contributed by atoms with Crippen molar-refractivity contribution in [2.24, 2.45) is 0 Å². The van der Waals surface area contributed by atoms with Crippen LogP contribution in [0.1, 0.15) is 49.6 Å². The molecule has 1 heterocycles. The van der Waals surface area contributed by atoms with Gasteiger partial charge in [0.1, 0.15) is 0 Å². The molecule has 100 valence electrons. The van der Waals surface area contributed by atoms with Gasteiger partial charge >= 0.3 is 0 Å². The molecular formula is C16H20N2O. The summed E-state index contributed by atoms with van der Waals surface area (Å²) in [4.78, 5) is 8.80. The summed E-state index contributed by atoms with van der Waals surface area (Å²) >= 11 is 0. The smallest absolute Gasteiger partial charge is 0.159 e. The molecule has 0 aliphatic carbocycles. The van der Waals surface area contributed by atoms with E-state index in [0.29, 0.717) is 11.7 Å². The van der Waals surface area contributed by atoms with E-state index in [0.717, 1.165) is 16.8 Å². The predicted octanol–water partition coefficient (Wildman–Crippen LogP) is 3.63. The molecular weight excluding hydrogens is 236 g/mol. The minimum atomic E-state index is -0.530. The third-order valence-corrected chi connectivity index (χ3v) is 3.30. The zero-order valence-corrected chi connectivity index (χ0v) is 11.9. The molecule has 0 saturated carbocycles. The number of nitrogens with zero attached hydrogens (tertiary/aromatic N) is 2. The van der Waals surface area contributed by atoms with Gasteiger partial charge in [-0.1, -0.05) is 38.1 Å². The molecule has 0 radical (unpaired) electrons. The molecule has 0 amide bonds. The minimum absolute atomic E-state index is 0.523. The molecule has 1 atom stereocenters. The molecule has 2 rings (SSSR count). The minimum Gasteiger partial charge on any atom is -0.389 e. The normalized spacial score (nSPS) is 12.7. The van der Waals surface area contributed by atoms with Crippen LogP contribution in [0.2, 0.25) is 0 Å². The maximum Gasteiger partial charge on any atom is 0.159 e. The Bertz CT molecular complexity index is 559. The average Bonchev–Trinajstić information content (AvgIpc) is 2.38. The van der Waals surface area contributed by atoms with Gasteiger partial charge in [0.25, 0.3) is 0 Å². The van der Waals surface area contributed by atoms with Crippen LogP contribution in [0.4, 0.5) is 0 Å². The Morgan fingerprint density at radius 3 is 2.16 bits per heavy atom. The summed E-state index contributed by atoms with van der Waals surface area (Å²) in [5.74, 6) is 1.23. The van der Waals surface area contributed by atoms with E-state index < -0.39 is 6.10 Å². The quantitative estimate of drug-likeness (QED) is 0.912. The standard InChI is InChI=1S/C16H20N2O/c1-10(2)13-5-7-14(8-6-13)16-17-9-15(12(4)19)11(3)18-16/h5-10,12,19H,1-4H3/t12-/m1/s1. The number of aryl methyl sites for hydroxylation is 1. The van der Waals surface area contributed by atoms with Gasteiger partial charge in [-0.25, -0.2) is 9.97 Å². The van der Waals surface area contributed by atoms with Crippen molar-refractivity contribution in [1.82, 2.24) is 9.97 Å². The topological polar surface area (TPSA) is 46.0 Å². The molecule has 2 aromatic rings. The first kappa shape index (κ1) is 13.7. The van der Waals surface area contributed by atoms with Crippen LogP contribution in [0.3, 0.4) is 0 Å². The van der Waals surface area contributed by atoms with E-state index in [9.17, 15) is 5.11 Å². The molecule has 1 aromatic heterocycles. The van der Waals surface area contributed by atoms with Gasteiger partial charge in [0.05, 0.1) is 6.10 Å². The molecule has 0 saturated heterocycles. The van der Waals surface area contributed by atoms with Gasteiger partial charge in [0.15, 0.2) is 5.82 Å². The summed E-state index contributed by atoms with van der Waals surface area (Å²) in [6.07, 6.45) is 1.18. The molecule has 3 nitrogen and oxygen atoms in total. The van der Waals surface area contributed by atoms with Crippen molar-refractivity contribution in [3.63, 3.8) is 0 Å². The van der Waals surface area contributed by atoms with Crippen molar-refractivity contribution in [1.29, 1.82) is 0 Å². The lowest BCUT2D eigenvalue weighted by molar-refractivity contribution is 0.197. The van der Waals surface area contributed by atoms with E-state index in [2.05, 4.69) is 35.9 Å². The van der Waals surface area contributed by atoms with Crippen LogP contribution in [0.5, 0.6) is 0 Å². The summed E-state index contributed by atoms with van der Waals surface area (Å²) < 4.78 is 0. The average molecular weight is 256 g/mol. The lowest BCUT2D eigenvalue weighted by atomic mass is 10.0. The highest BCUT2D eigenvalue weighted by atomic mass is 16.3. The number of benzene rings is 1. The molecule has 1 aromatic carbocycles. The van der Waals surface area contributed by atoms with Crippen LogP contribution in [0, 0.1) is 6.92 Å². The summed E-state index contributed by atoms with van der Waals surface area (Å²) in [7, 11) is 0. The number of aliphatic hydroxyl groups is 1. The van der Waals surface area contributed by atoms with Gasteiger partial charge in [-0.15, -0.1) is 0 Å². The monoisotopic (exact) mass is 256 g/mol. The Balaban J connectivity index is 2.34. The fourth-order valence-electron chi connectivity index (χ4n) is 2.04. The lowest BCUT2D eigenvalue weighted by Crippen LogP contribution is -2.01. The maximum absolute atomic E-state index is 9.58. The molecule has 0 bridgehead atoms. The van der Waals surface area contributed by atoms with Gasteiger partial charge in [0, 0.05) is 23.0 Å². The second kappa shape index (κ2) is 5.49. The number of aromatic nitrogens is 2. The fourth-order valence-corrected chi connectivity index (χ4v) is 2.04. The van der Waals surface area contributed by atoms with Crippen LogP contribution < -0.4 is 0 Å². The first-order valence-electron chi connectivity index (χ1n) is 6.61. The first-order chi connectivity index (χ1) is 8.99. The van der Waals surface area contributed by atoms with Crippen LogP contribution in [-0.4, -0.2) is 15.1 Å². The number of aliphatic hydroxyl groups excluding tert-OH is 1. The summed E-state index contributed by atoms with van der Waals surface area (Å²) in [6, 6.07) is 8.32. The molecule has 0 spiro atoms. The molecule has 0 fully saturated rings. The Kier molecular flexibility index (Phi) is 3.96. The fraction of sp³-hybridized carbons (Fsp3) is 0.375. The molecule has 0 aliphatic rings. The summed E-state index contributed by atoms with van der Waals surface area (Å²) in [5.41, 5.74) is 3.92. The zero-order valence-electron chi connectivity index (χ0n) is 11.9. The Hall–Kier alpha value is -1.74. The first-order valence-corrected chi connectivity index (χ1v) is 6.61.